The number of hydrogen-bond acceptors (Lipinski definition) is 3. The Bertz CT molecular complexity index is 442. The van der Waals surface area contributed by atoms with E-state index in [0.29, 0.717) is 12.2 Å². The molecule has 2 N–H and O–H groups in total. The predicted molar refractivity (Wildman–Crippen MR) is 87.4 cm³/mol. The first-order valence-corrected chi connectivity index (χ1v) is 10.2. The maximum absolute atomic E-state index is 11.5. The Labute approximate surface area is 128 Å². The van der Waals surface area contributed by atoms with Crippen LogP contribution in [0.3, 0.4) is 0 Å². The average Bonchev–Trinajstić information content (AvgIpc) is 3.04. The van der Waals surface area contributed by atoms with Gasteiger partial charge in [-0.1, -0.05) is 25.7 Å². The Balaban J connectivity index is 1.73. The molecule has 0 aromatic heterocycles. The molecule has 21 heavy (non-hydrogen) atoms. The molecular weight excluding hydrogens is 286 g/mol. The number of nitrogens with zero attached hydrogens (tertiary/aromatic N) is 1. The van der Waals surface area contributed by atoms with Gasteiger partial charge in [-0.15, -0.1) is 0 Å². The van der Waals surface area contributed by atoms with Crippen LogP contribution in [0.2, 0.25) is 0 Å². The molecule has 1 aliphatic carbocycles. The molecule has 1 saturated carbocycles. The van der Waals surface area contributed by atoms with E-state index in [4.69, 9.17) is 0 Å². The van der Waals surface area contributed by atoms with E-state index in [0.717, 1.165) is 31.4 Å². The van der Waals surface area contributed by atoms with Gasteiger partial charge >= 0.3 is 0 Å². The molecule has 2 rings (SSSR count). The van der Waals surface area contributed by atoms with E-state index in [9.17, 15) is 8.42 Å². The largest absolute Gasteiger partial charge is 0.357 e. The molecule has 1 unspecified atom stereocenters. The van der Waals surface area contributed by atoms with Gasteiger partial charge in [0.1, 0.15) is 0 Å². The summed E-state index contributed by atoms with van der Waals surface area (Å²) in [5.41, 5.74) is 0. The van der Waals surface area contributed by atoms with Crippen LogP contribution in [0, 0.1) is 5.92 Å². The van der Waals surface area contributed by atoms with E-state index >= 15 is 0 Å². The van der Waals surface area contributed by atoms with Crippen molar-refractivity contribution < 1.29 is 8.42 Å². The molecule has 1 aliphatic heterocycles. The minimum absolute atomic E-state index is 0.0163. The van der Waals surface area contributed by atoms with Gasteiger partial charge in [-0.2, -0.15) is 0 Å². The molecule has 0 spiro atoms. The lowest BCUT2D eigenvalue weighted by Crippen LogP contribution is -2.44. The zero-order valence-corrected chi connectivity index (χ0v) is 13.9. The van der Waals surface area contributed by atoms with Crippen molar-refractivity contribution in [2.24, 2.45) is 10.9 Å². The van der Waals surface area contributed by atoms with Crippen LogP contribution < -0.4 is 10.6 Å². The van der Waals surface area contributed by atoms with Crippen molar-refractivity contribution in [1.29, 1.82) is 0 Å². The molecule has 0 aromatic carbocycles. The third-order valence-corrected chi connectivity index (χ3v) is 6.20. The maximum Gasteiger partial charge on any atom is 0.191 e. The highest BCUT2D eigenvalue weighted by Gasteiger charge is 2.28. The average molecular weight is 315 g/mol. The molecule has 2 aliphatic rings. The number of hydrogen-bond donors (Lipinski definition) is 2. The van der Waals surface area contributed by atoms with Crippen LogP contribution in [0.5, 0.6) is 0 Å². The number of nitrogens with one attached hydrogen (secondary N) is 2. The molecule has 5 nitrogen and oxygen atoms in total. The first-order valence-electron chi connectivity index (χ1n) is 8.34. The second-order valence-electron chi connectivity index (χ2n) is 6.30. The summed E-state index contributed by atoms with van der Waals surface area (Å²) in [6.45, 7) is 3.65. The Kier molecular flexibility index (Phi) is 6.33. The molecule has 1 atom stereocenters. The van der Waals surface area contributed by atoms with E-state index in [1.54, 1.807) is 0 Å². The van der Waals surface area contributed by atoms with E-state index in [1.165, 1.54) is 32.1 Å². The van der Waals surface area contributed by atoms with Crippen LogP contribution in [0.25, 0.3) is 0 Å². The lowest BCUT2D eigenvalue weighted by atomic mass is 10.0. The maximum atomic E-state index is 11.5. The summed E-state index contributed by atoms with van der Waals surface area (Å²) < 4.78 is 23.0. The Morgan fingerprint density at radius 3 is 2.62 bits per heavy atom. The van der Waals surface area contributed by atoms with Gasteiger partial charge in [0.15, 0.2) is 15.8 Å². The minimum Gasteiger partial charge on any atom is -0.357 e. The predicted octanol–water partition coefficient (Wildman–Crippen LogP) is 1.70. The van der Waals surface area contributed by atoms with Crippen molar-refractivity contribution in [3.05, 3.63) is 0 Å². The second kappa shape index (κ2) is 8.01. The highest BCUT2D eigenvalue weighted by atomic mass is 32.2. The molecule has 0 amide bonds. The van der Waals surface area contributed by atoms with Crippen molar-refractivity contribution in [2.45, 2.75) is 57.9 Å². The smallest absolute Gasteiger partial charge is 0.191 e. The highest BCUT2D eigenvalue weighted by Crippen LogP contribution is 2.28. The van der Waals surface area contributed by atoms with Crippen LogP contribution in [0.15, 0.2) is 4.99 Å². The van der Waals surface area contributed by atoms with Crippen molar-refractivity contribution in [3.63, 3.8) is 0 Å². The highest BCUT2D eigenvalue weighted by molar-refractivity contribution is 7.91. The third kappa shape index (κ3) is 5.85. The number of aliphatic imine (C=N–C) groups is 1. The van der Waals surface area contributed by atoms with E-state index in [-0.39, 0.29) is 11.8 Å². The Hall–Kier alpha value is -0.780. The fourth-order valence-electron chi connectivity index (χ4n) is 3.29. The fourth-order valence-corrected chi connectivity index (χ4v) is 4.97. The number of guanidine groups is 1. The Morgan fingerprint density at radius 1 is 1.24 bits per heavy atom. The number of rotatable bonds is 6. The van der Waals surface area contributed by atoms with Crippen LogP contribution in [-0.2, 0) is 9.84 Å². The van der Waals surface area contributed by atoms with E-state index in [2.05, 4.69) is 15.6 Å². The van der Waals surface area contributed by atoms with Crippen molar-refractivity contribution in [3.8, 4) is 0 Å². The quantitative estimate of drug-likeness (QED) is 0.445. The van der Waals surface area contributed by atoms with Crippen LogP contribution >= 0.6 is 0 Å². The van der Waals surface area contributed by atoms with Crippen LogP contribution in [0.1, 0.15) is 51.9 Å². The van der Waals surface area contributed by atoms with Gasteiger partial charge in [0.05, 0.1) is 11.5 Å². The topological polar surface area (TPSA) is 70.6 Å². The summed E-state index contributed by atoms with van der Waals surface area (Å²) in [5.74, 6) is 2.22. The van der Waals surface area contributed by atoms with Gasteiger partial charge in [0.2, 0.25) is 0 Å². The summed E-state index contributed by atoms with van der Waals surface area (Å²) >= 11 is 0. The van der Waals surface area contributed by atoms with Gasteiger partial charge in [-0.3, -0.25) is 4.99 Å². The summed E-state index contributed by atoms with van der Waals surface area (Å²) in [7, 11) is -2.84. The summed E-state index contributed by atoms with van der Waals surface area (Å²) in [6.07, 6.45) is 8.67. The first-order chi connectivity index (χ1) is 10.1. The molecule has 122 valence electrons. The molecule has 0 radical (unpaired) electrons. The molecule has 6 heteroatoms. The molecule has 1 heterocycles. The van der Waals surface area contributed by atoms with Gasteiger partial charge in [0, 0.05) is 19.1 Å². The molecule has 0 aromatic rings. The lowest BCUT2D eigenvalue weighted by molar-refractivity contribution is 0.487. The van der Waals surface area contributed by atoms with Gasteiger partial charge in [-0.25, -0.2) is 8.42 Å². The van der Waals surface area contributed by atoms with E-state index < -0.39 is 9.84 Å². The third-order valence-electron chi connectivity index (χ3n) is 4.43. The minimum atomic E-state index is -2.84. The van der Waals surface area contributed by atoms with Gasteiger partial charge in [-0.05, 0) is 32.1 Å². The summed E-state index contributed by atoms with van der Waals surface area (Å²) in [5, 5.41) is 6.47. The standard InChI is InChI=1S/C15H29N3O2S/c1-2-16-15(18-14-9-11-21(19,20)12-14)17-10-5-8-13-6-3-4-7-13/h13-14H,2-12H2,1H3,(H2,16,17,18). The summed E-state index contributed by atoms with van der Waals surface area (Å²) in [4.78, 5) is 4.59. The SMILES string of the molecule is CCNC(=NCCCC1CCCC1)NC1CCS(=O)(=O)C1. The van der Waals surface area contributed by atoms with Gasteiger partial charge in [0.25, 0.3) is 0 Å². The number of sulfone groups is 1. The lowest BCUT2D eigenvalue weighted by Gasteiger charge is -2.16. The fraction of sp³-hybridized carbons (Fsp3) is 0.933. The molecule has 2 fully saturated rings. The van der Waals surface area contributed by atoms with Crippen molar-refractivity contribution >= 4 is 15.8 Å². The Morgan fingerprint density at radius 2 is 2.00 bits per heavy atom. The molecule has 1 saturated heterocycles. The van der Waals surface area contributed by atoms with Gasteiger partial charge < -0.3 is 10.6 Å². The normalized spacial score (nSPS) is 26.1. The monoisotopic (exact) mass is 315 g/mol. The summed E-state index contributed by atoms with van der Waals surface area (Å²) in [6, 6.07) is 0.0163. The second-order valence-corrected chi connectivity index (χ2v) is 8.53. The van der Waals surface area contributed by atoms with Crippen LogP contribution in [0.4, 0.5) is 0 Å². The molecular formula is C15H29N3O2S. The van der Waals surface area contributed by atoms with E-state index in [1.807, 2.05) is 6.92 Å². The molecule has 0 bridgehead atoms. The van der Waals surface area contributed by atoms with Crippen molar-refractivity contribution in [1.82, 2.24) is 10.6 Å². The van der Waals surface area contributed by atoms with Crippen molar-refractivity contribution in [2.75, 3.05) is 24.6 Å². The van der Waals surface area contributed by atoms with Crippen LogP contribution in [-0.4, -0.2) is 45.0 Å². The zero-order chi connectivity index (χ0) is 15.1. The zero-order valence-electron chi connectivity index (χ0n) is 13.1. The first kappa shape index (κ1) is 16.6.